The van der Waals surface area contributed by atoms with Crippen LogP contribution < -0.4 is 24.4 Å². The highest BCUT2D eigenvalue weighted by Gasteiger charge is 2.14. The molecule has 0 radical (unpaired) electrons. The molecule has 0 saturated heterocycles. The van der Waals surface area contributed by atoms with Crippen molar-refractivity contribution in [2.24, 2.45) is 5.10 Å². The standard InChI is InChI=1S/C24H24N2O6S/c1-4-31-21-13-17(8-10-19(21)32-24(28)22-6-5-11-33-22)15-25-26-23(27)14-16-7-9-18(29-2)20(12-16)30-3/h5-13,15H,4,14H2,1-3H3,(H,26,27)/b25-15+. The summed E-state index contributed by atoms with van der Waals surface area (Å²) in [5, 5.41) is 5.81. The quantitative estimate of drug-likeness (QED) is 0.209. The Morgan fingerprint density at radius 1 is 1.00 bits per heavy atom. The molecule has 9 heteroatoms. The van der Waals surface area contributed by atoms with Crippen LogP contribution in [0.1, 0.15) is 27.7 Å². The van der Waals surface area contributed by atoms with Gasteiger partial charge in [-0.25, -0.2) is 10.2 Å². The number of hydrogen-bond donors (Lipinski definition) is 1. The highest BCUT2D eigenvalue weighted by atomic mass is 32.1. The van der Waals surface area contributed by atoms with Gasteiger partial charge < -0.3 is 18.9 Å². The maximum absolute atomic E-state index is 12.2. The van der Waals surface area contributed by atoms with Crippen molar-refractivity contribution in [2.75, 3.05) is 20.8 Å². The van der Waals surface area contributed by atoms with E-state index in [2.05, 4.69) is 10.5 Å². The summed E-state index contributed by atoms with van der Waals surface area (Å²) in [6, 6.07) is 13.8. The van der Waals surface area contributed by atoms with Crippen LogP contribution in [0.5, 0.6) is 23.0 Å². The zero-order valence-electron chi connectivity index (χ0n) is 18.5. The van der Waals surface area contributed by atoms with E-state index >= 15 is 0 Å². The smallest absolute Gasteiger partial charge is 0.353 e. The van der Waals surface area contributed by atoms with E-state index in [1.54, 1.807) is 61.0 Å². The fourth-order valence-corrected chi connectivity index (χ4v) is 3.50. The maximum atomic E-state index is 12.2. The molecule has 3 aromatic rings. The van der Waals surface area contributed by atoms with E-state index in [9.17, 15) is 9.59 Å². The molecule has 2 aromatic carbocycles. The minimum atomic E-state index is -0.449. The summed E-state index contributed by atoms with van der Waals surface area (Å²) in [5.41, 5.74) is 3.92. The van der Waals surface area contributed by atoms with Crippen molar-refractivity contribution in [3.05, 3.63) is 69.9 Å². The molecule has 0 fully saturated rings. The molecule has 0 aliphatic rings. The summed E-state index contributed by atoms with van der Waals surface area (Å²) in [6.45, 7) is 2.23. The molecule has 0 saturated carbocycles. The summed E-state index contributed by atoms with van der Waals surface area (Å²) in [7, 11) is 3.09. The summed E-state index contributed by atoms with van der Waals surface area (Å²) in [5.74, 6) is 1.12. The van der Waals surface area contributed by atoms with Gasteiger partial charge in [-0.2, -0.15) is 5.10 Å². The highest BCUT2D eigenvalue weighted by molar-refractivity contribution is 7.12. The van der Waals surface area contributed by atoms with E-state index < -0.39 is 5.97 Å². The van der Waals surface area contributed by atoms with Crippen LogP contribution in [-0.2, 0) is 11.2 Å². The van der Waals surface area contributed by atoms with Crippen molar-refractivity contribution < 1.29 is 28.5 Å². The van der Waals surface area contributed by atoms with Crippen molar-refractivity contribution in [1.82, 2.24) is 5.43 Å². The van der Waals surface area contributed by atoms with Crippen LogP contribution in [0.2, 0.25) is 0 Å². The lowest BCUT2D eigenvalue weighted by molar-refractivity contribution is -0.120. The first kappa shape index (κ1) is 23.8. The number of amides is 1. The third-order valence-electron chi connectivity index (χ3n) is 4.41. The number of benzene rings is 2. The summed E-state index contributed by atoms with van der Waals surface area (Å²) >= 11 is 1.30. The summed E-state index contributed by atoms with van der Waals surface area (Å²) in [6.07, 6.45) is 1.61. The Morgan fingerprint density at radius 2 is 1.79 bits per heavy atom. The number of carbonyl (C=O) groups is 2. The molecule has 33 heavy (non-hydrogen) atoms. The lowest BCUT2D eigenvalue weighted by Crippen LogP contribution is -2.19. The van der Waals surface area contributed by atoms with Crippen LogP contribution in [0.15, 0.2) is 59.0 Å². The SMILES string of the molecule is CCOc1cc(/C=N/NC(=O)Cc2ccc(OC)c(OC)c2)ccc1OC(=O)c1cccs1. The van der Waals surface area contributed by atoms with Gasteiger partial charge in [0.1, 0.15) is 4.88 Å². The second kappa shape index (κ2) is 11.7. The fraction of sp³-hybridized carbons (Fsp3) is 0.208. The predicted molar refractivity (Wildman–Crippen MR) is 126 cm³/mol. The van der Waals surface area contributed by atoms with Gasteiger partial charge in [-0.05, 0) is 59.8 Å². The molecule has 0 unspecified atom stereocenters. The molecule has 3 rings (SSSR count). The number of ether oxygens (including phenoxy) is 4. The number of hydrazone groups is 1. The van der Waals surface area contributed by atoms with Crippen LogP contribution in [0.4, 0.5) is 0 Å². The molecule has 0 atom stereocenters. The van der Waals surface area contributed by atoms with Gasteiger partial charge in [0, 0.05) is 0 Å². The molecule has 0 bridgehead atoms. The van der Waals surface area contributed by atoms with Crippen molar-refractivity contribution in [2.45, 2.75) is 13.3 Å². The number of esters is 1. The topological polar surface area (TPSA) is 95.5 Å². The Balaban J connectivity index is 1.62. The van der Waals surface area contributed by atoms with E-state index in [-0.39, 0.29) is 12.3 Å². The minimum absolute atomic E-state index is 0.125. The monoisotopic (exact) mass is 468 g/mol. The normalized spacial score (nSPS) is 10.6. The molecule has 172 valence electrons. The average molecular weight is 469 g/mol. The second-order valence-electron chi connectivity index (χ2n) is 6.67. The molecule has 8 nitrogen and oxygen atoms in total. The fourth-order valence-electron chi connectivity index (χ4n) is 2.90. The zero-order valence-corrected chi connectivity index (χ0v) is 19.3. The van der Waals surface area contributed by atoms with E-state index in [1.165, 1.54) is 24.7 Å². The molecule has 1 heterocycles. The number of nitrogens with zero attached hydrogens (tertiary/aromatic N) is 1. The number of nitrogens with one attached hydrogen (secondary N) is 1. The van der Waals surface area contributed by atoms with Gasteiger partial charge in [-0.15, -0.1) is 11.3 Å². The molecular formula is C24H24N2O6S. The third-order valence-corrected chi connectivity index (χ3v) is 5.26. The number of rotatable bonds is 10. The molecule has 0 aliphatic heterocycles. The van der Waals surface area contributed by atoms with Gasteiger partial charge >= 0.3 is 5.97 Å². The summed E-state index contributed by atoms with van der Waals surface area (Å²) < 4.78 is 21.5. The van der Waals surface area contributed by atoms with Crippen molar-refractivity contribution in [3.8, 4) is 23.0 Å². The van der Waals surface area contributed by atoms with Gasteiger partial charge in [0.15, 0.2) is 23.0 Å². The molecule has 1 amide bonds. The maximum Gasteiger partial charge on any atom is 0.353 e. The van der Waals surface area contributed by atoms with Gasteiger partial charge in [-0.1, -0.05) is 12.1 Å². The Morgan fingerprint density at radius 3 is 2.48 bits per heavy atom. The lowest BCUT2D eigenvalue weighted by Gasteiger charge is -2.11. The minimum Gasteiger partial charge on any atom is -0.493 e. The van der Waals surface area contributed by atoms with Gasteiger partial charge in [0.25, 0.3) is 0 Å². The van der Waals surface area contributed by atoms with E-state index in [0.717, 1.165) is 5.56 Å². The Hall–Kier alpha value is -3.85. The Kier molecular flexibility index (Phi) is 8.43. The third kappa shape index (κ3) is 6.56. The van der Waals surface area contributed by atoms with Crippen LogP contribution in [0.3, 0.4) is 0 Å². The largest absolute Gasteiger partial charge is 0.493 e. The van der Waals surface area contributed by atoms with Gasteiger partial charge in [0.05, 0.1) is 33.5 Å². The van der Waals surface area contributed by atoms with Crippen molar-refractivity contribution >= 4 is 29.4 Å². The van der Waals surface area contributed by atoms with E-state index in [0.29, 0.717) is 40.0 Å². The Bertz CT molecular complexity index is 1130. The molecule has 1 N–H and O–H groups in total. The highest BCUT2D eigenvalue weighted by Crippen LogP contribution is 2.29. The van der Waals surface area contributed by atoms with Crippen LogP contribution in [-0.4, -0.2) is 38.9 Å². The number of methoxy groups -OCH3 is 2. The number of thiophene rings is 1. The number of hydrogen-bond acceptors (Lipinski definition) is 8. The lowest BCUT2D eigenvalue weighted by atomic mass is 10.1. The van der Waals surface area contributed by atoms with Crippen molar-refractivity contribution in [3.63, 3.8) is 0 Å². The van der Waals surface area contributed by atoms with Crippen LogP contribution in [0, 0.1) is 0 Å². The van der Waals surface area contributed by atoms with Crippen LogP contribution in [0.25, 0.3) is 0 Å². The Labute approximate surface area is 195 Å². The first-order valence-corrected chi connectivity index (χ1v) is 11.0. The first-order valence-electron chi connectivity index (χ1n) is 10.1. The van der Waals surface area contributed by atoms with Gasteiger partial charge in [0.2, 0.25) is 5.91 Å². The zero-order chi connectivity index (χ0) is 23.6. The molecule has 0 spiro atoms. The molecule has 0 aliphatic carbocycles. The van der Waals surface area contributed by atoms with E-state index in [4.69, 9.17) is 18.9 Å². The average Bonchev–Trinajstić information content (AvgIpc) is 3.36. The second-order valence-corrected chi connectivity index (χ2v) is 7.61. The molecule has 1 aromatic heterocycles. The van der Waals surface area contributed by atoms with Crippen molar-refractivity contribution in [1.29, 1.82) is 0 Å². The predicted octanol–water partition coefficient (Wildman–Crippen LogP) is 4.08. The van der Waals surface area contributed by atoms with E-state index in [1.807, 2.05) is 6.92 Å². The first-order chi connectivity index (χ1) is 16.0. The number of carbonyl (C=O) groups excluding carboxylic acids is 2. The summed E-state index contributed by atoms with van der Waals surface area (Å²) in [4.78, 5) is 25.0. The van der Waals surface area contributed by atoms with Gasteiger partial charge in [-0.3, -0.25) is 4.79 Å². The molecular weight excluding hydrogens is 444 g/mol. The van der Waals surface area contributed by atoms with Crippen LogP contribution >= 0.6 is 11.3 Å².